The number of amides is 5. The number of carbonyl (C=O) groups is 4. The summed E-state index contributed by atoms with van der Waals surface area (Å²) in [7, 11) is 8.47. The van der Waals surface area contributed by atoms with Gasteiger partial charge in [-0.1, -0.05) is 6.07 Å². The maximum Gasteiger partial charge on any atom is 0.317 e. The van der Waals surface area contributed by atoms with Crippen LogP contribution in [-0.4, -0.2) is 141 Å². The first-order chi connectivity index (χ1) is 30.0. The van der Waals surface area contributed by atoms with Gasteiger partial charge in [-0.25, -0.2) is 4.79 Å². The lowest BCUT2D eigenvalue weighted by atomic mass is 9.91. The van der Waals surface area contributed by atoms with Crippen LogP contribution in [0.1, 0.15) is 64.7 Å². The zero-order valence-electron chi connectivity index (χ0n) is 36.7. The predicted octanol–water partition coefficient (Wildman–Crippen LogP) is 2.97. The van der Waals surface area contributed by atoms with Gasteiger partial charge in [-0.3, -0.25) is 29.4 Å². The minimum Gasteiger partial charge on any atom is -0.496 e. The summed E-state index contributed by atoms with van der Waals surface area (Å²) in [6.07, 6.45) is 6.34. The van der Waals surface area contributed by atoms with Crippen LogP contribution in [0.5, 0.6) is 11.5 Å². The average molecular weight is 853 g/mol. The van der Waals surface area contributed by atoms with Crippen molar-refractivity contribution in [1.29, 1.82) is 0 Å². The molecule has 3 fully saturated rings. The van der Waals surface area contributed by atoms with Crippen molar-refractivity contribution in [3.05, 3.63) is 74.7 Å². The lowest BCUT2D eigenvalue weighted by Crippen LogP contribution is -2.54. The average Bonchev–Trinajstić information content (AvgIpc) is 3.61. The van der Waals surface area contributed by atoms with E-state index in [1.165, 1.54) is 0 Å². The third-order valence-corrected chi connectivity index (χ3v) is 13.7. The van der Waals surface area contributed by atoms with E-state index in [4.69, 9.17) is 14.2 Å². The number of ether oxygens (including phenoxy) is 3. The number of urea groups is 1. The number of methoxy groups -OCH3 is 3. The van der Waals surface area contributed by atoms with Gasteiger partial charge in [-0.2, -0.15) is 0 Å². The molecule has 5 aliphatic heterocycles. The van der Waals surface area contributed by atoms with E-state index in [2.05, 4.69) is 31.4 Å². The number of nitrogens with zero attached hydrogens (tertiary/aromatic N) is 6. The third-order valence-electron chi connectivity index (χ3n) is 13.7. The van der Waals surface area contributed by atoms with Crippen molar-refractivity contribution in [2.24, 2.45) is 13.0 Å². The molecule has 16 heteroatoms. The van der Waals surface area contributed by atoms with Crippen LogP contribution in [0.4, 0.5) is 10.5 Å². The van der Waals surface area contributed by atoms with Crippen LogP contribution in [0, 0.1) is 5.92 Å². The van der Waals surface area contributed by atoms with Gasteiger partial charge in [0, 0.05) is 115 Å². The van der Waals surface area contributed by atoms with Crippen molar-refractivity contribution >= 4 is 29.4 Å². The van der Waals surface area contributed by atoms with Gasteiger partial charge in [-0.05, 0) is 85.5 Å². The lowest BCUT2D eigenvalue weighted by molar-refractivity contribution is -0.136. The van der Waals surface area contributed by atoms with Gasteiger partial charge in [0.1, 0.15) is 17.5 Å². The number of piperazine rings is 1. The number of hydrogen-bond acceptors (Lipinski definition) is 11. The number of anilines is 1. The summed E-state index contributed by atoms with van der Waals surface area (Å²) >= 11 is 0. The summed E-state index contributed by atoms with van der Waals surface area (Å²) in [5.74, 6) is 1.25. The molecule has 16 nitrogen and oxygen atoms in total. The SMILES string of the molecule is CNC(=O)N1CCc2c(-c3cc(OC)c(CN4CCN(CCC5CCN(c6ccc7c(c6)C(=O)N(C6CCC(=O)NC6=O)C7)CC5)CC4COC)c(OC)c3)cn(C)c(=O)c2C1. The van der Waals surface area contributed by atoms with Crippen LogP contribution < -0.4 is 30.6 Å². The van der Waals surface area contributed by atoms with Crippen molar-refractivity contribution in [3.63, 3.8) is 0 Å². The van der Waals surface area contributed by atoms with E-state index >= 15 is 0 Å². The Morgan fingerprint density at radius 2 is 1.63 bits per heavy atom. The molecule has 62 heavy (non-hydrogen) atoms. The molecule has 5 aliphatic rings. The molecule has 3 aromatic rings. The van der Waals surface area contributed by atoms with Crippen LogP contribution in [0.25, 0.3) is 11.1 Å². The number of fused-ring (bicyclic) bond motifs is 2. The van der Waals surface area contributed by atoms with Crippen molar-refractivity contribution in [3.8, 4) is 22.6 Å². The second kappa shape index (κ2) is 18.5. The largest absolute Gasteiger partial charge is 0.496 e. The number of piperidine rings is 2. The molecular formula is C46H60N8O8. The summed E-state index contributed by atoms with van der Waals surface area (Å²) in [6, 6.07) is 9.55. The Morgan fingerprint density at radius 1 is 0.871 bits per heavy atom. The monoisotopic (exact) mass is 852 g/mol. The molecule has 0 saturated carbocycles. The maximum atomic E-state index is 13.4. The van der Waals surface area contributed by atoms with E-state index in [9.17, 15) is 24.0 Å². The Hall–Kier alpha value is -5.45. The van der Waals surface area contributed by atoms with Gasteiger partial charge < -0.3 is 43.7 Å². The van der Waals surface area contributed by atoms with Crippen LogP contribution in [-0.2, 0) is 47.4 Å². The molecule has 2 N–H and O–H groups in total. The molecule has 0 radical (unpaired) electrons. The Morgan fingerprint density at radius 3 is 2.32 bits per heavy atom. The Kier molecular flexibility index (Phi) is 12.9. The Balaban J connectivity index is 0.874. The summed E-state index contributed by atoms with van der Waals surface area (Å²) in [5, 5.41) is 5.06. The van der Waals surface area contributed by atoms with E-state index in [1.807, 2.05) is 30.5 Å². The standard InChI is InChI=1S/C46H60N8O8/c1-47-46(59)53-17-13-34-36(25-49(2)44(57)37(34)26-53)31-20-40(61-4)38(41(21-31)62-5)27-52-19-18-50(24-33(52)28-60-3)14-10-29-11-15-51(16-12-29)32-7-6-30-23-54(45(58)35(30)22-32)39-8-9-42(55)48-43(39)56/h6-7,20-22,25,29,33,39H,8-19,23-24,26-28H2,1-5H3,(H,47,59)(H,48,55,56). The molecule has 0 bridgehead atoms. The van der Waals surface area contributed by atoms with Crippen LogP contribution >= 0.6 is 0 Å². The van der Waals surface area contributed by atoms with Gasteiger partial charge in [0.2, 0.25) is 11.8 Å². The summed E-state index contributed by atoms with van der Waals surface area (Å²) in [6.45, 7) is 7.98. The number of imide groups is 1. The van der Waals surface area contributed by atoms with Gasteiger partial charge >= 0.3 is 6.03 Å². The third kappa shape index (κ3) is 8.64. The predicted molar refractivity (Wildman–Crippen MR) is 233 cm³/mol. The molecule has 2 unspecified atom stereocenters. The Labute approximate surface area is 363 Å². The minimum atomic E-state index is -0.608. The second-order valence-electron chi connectivity index (χ2n) is 17.3. The van der Waals surface area contributed by atoms with Crippen LogP contribution in [0.15, 0.2) is 41.3 Å². The van der Waals surface area contributed by atoms with Crippen LogP contribution in [0.2, 0.25) is 0 Å². The number of aryl methyl sites for hydroxylation is 1. The highest BCUT2D eigenvalue weighted by atomic mass is 16.5. The van der Waals surface area contributed by atoms with Crippen LogP contribution in [0.3, 0.4) is 0 Å². The highest BCUT2D eigenvalue weighted by molar-refractivity contribution is 6.05. The van der Waals surface area contributed by atoms with E-state index in [-0.39, 0.29) is 48.3 Å². The number of aromatic nitrogens is 1. The second-order valence-corrected chi connectivity index (χ2v) is 17.3. The summed E-state index contributed by atoms with van der Waals surface area (Å²) in [4.78, 5) is 74.0. The lowest BCUT2D eigenvalue weighted by Gasteiger charge is -2.42. The number of rotatable bonds is 12. The smallest absolute Gasteiger partial charge is 0.317 e. The zero-order valence-corrected chi connectivity index (χ0v) is 36.7. The number of nitrogens with one attached hydrogen (secondary N) is 2. The van der Waals surface area contributed by atoms with E-state index in [0.717, 1.165) is 104 Å². The normalized spacial score (nSPS) is 21.2. The number of carbonyl (C=O) groups excluding carboxylic acids is 4. The first-order valence-corrected chi connectivity index (χ1v) is 21.9. The van der Waals surface area contributed by atoms with E-state index in [0.29, 0.717) is 56.1 Å². The highest BCUT2D eigenvalue weighted by Gasteiger charge is 2.39. The first-order valence-electron chi connectivity index (χ1n) is 21.9. The first kappa shape index (κ1) is 43.2. The topological polar surface area (TPSA) is 158 Å². The van der Waals surface area contributed by atoms with E-state index < -0.39 is 6.04 Å². The van der Waals surface area contributed by atoms with Crippen molar-refractivity contribution in [1.82, 2.24) is 34.8 Å². The van der Waals surface area contributed by atoms with Gasteiger partial charge in [-0.15, -0.1) is 0 Å². The quantitative estimate of drug-likeness (QED) is 0.258. The fourth-order valence-electron chi connectivity index (χ4n) is 10.2. The van der Waals surface area contributed by atoms with E-state index in [1.54, 1.807) is 49.8 Å². The highest BCUT2D eigenvalue weighted by Crippen LogP contribution is 2.39. The fraction of sp³-hybridized carbons (Fsp3) is 0.543. The minimum absolute atomic E-state index is 0.101. The molecule has 332 valence electrons. The molecule has 3 saturated heterocycles. The maximum absolute atomic E-state index is 13.4. The van der Waals surface area contributed by atoms with Gasteiger partial charge in [0.05, 0.1) is 32.9 Å². The van der Waals surface area contributed by atoms with Crippen molar-refractivity contribution in [2.45, 2.75) is 70.2 Å². The zero-order chi connectivity index (χ0) is 43.7. The molecule has 2 aromatic carbocycles. The van der Waals surface area contributed by atoms with Crippen molar-refractivity contribution in [2.75, 3.05) is 85.7 Å². The van der Waals surface area contributed by atoms with Gasteiger partial charge in [0.15, 0.2) is 0 Å². The molecular weight excluding hydrogens is 793 g/mol. The van der Waals surface area contributed by atoms with Crippen molar-refractivity contribution < 1.29 is 33.4 Å². The van der Waals surface area contributed by atoms with Gasteiger partial charge in [0.25, 0.3) is 11.5 Å². The summed E-state index contributed by atoms with van der Waals surface area (Å²) < 4.78 is 19.5. The number of pyridine rings is 1. The molecule has 0 spiro atoms. The number of hydrogen-bond donors (Lipinski definition) is 2. The summed E-state index contributed by atoms with van der Waals surface area (Å²) in [5.41, 5.74) is 6.89. The molecule has 8 rings (SSSR count). The molecule has 0 aliphatic carbocycles. The molecule has 5 amide bonds. The molecule has 2 atom stereocenters. The molecule has 6 heterocycles. The number of benzene rings is 2. The molecule has 1 aromatic heterocycles. The fourth-order valence-corrected chi connectivity index (χ4v) is 10.2. The Bertz CT molecular complexity index is 2250.